The van der Waals surface area contributed by atoms with E-state index in [0.29, 0.717) is 0 Å². The number of rotatable bonds is 2. The number of anilines is 1. The summed E-state index contributed by atoms with van der Waals surface area (Å²) in [6, 6.07) is -0.847. The van der Waals surface area contributed by atoms with Crippen LogP contribution in [-0.4, -0.2) is 40.0 Å². The summed E-state index contributed by atoms with van der Waals surface area (Å²) < 4.78 is 7.24. The number of amides is 2. The molecule has 0 atom stereocenters. The average molecular weight is 274 g/mol. The van der Waals surface area contributed by atoms with Crippen LogP contribution in [0.25, 0.3) is 0 Å². The van der Waals surface area contributed by atoms with Crippen molar-refractivity contribution < 1.29 is 66.1 Å². The number of primary amides is 1. The average Bonchev–Trinajstić information content (AvgIpc) is 2.33. The van der Waals surface area contributed by atoms with Gasteiger partial charge in [-0.25, -0.2) is 0 Å². The number of carbonyl (C=O) groups excluding carboxylic acids is 1. The van der Waals surface area contributed by atoms with Crippen molar-refractivity contribution in [2.24, 2.45) is 5.73 Å². The van der Waals surface area contributed by atoms with Gasteiger partial charge in [-0.2, -0.15) is 0 Å². The number of urea groups is 1. The number of carboxylic acids is 1. The summed E-state index contributed by atoms with van der Waals surface area (Å²) in [4.78, 5) is 20.7. The van der Waals surface area contributed by atoms with Gasteiger partial charge in [0.2, 0.25) is 0 Å². The maximum Gasteiger partial charge on any atom is 1.00 e. The Hall–Kier alpha value is 0.236. The minimum absolute atomic E-state index is 0. The van der Waals surface area contributed by atoms with Crippen molar-refractivity contribution in [3.05, 3.63) is 5.69 Å². The number of hydrogen-bond acceptors (Lipinski definition) is 4. The first-order valence-electron chi connectivity index (χ1n) is 2.73. The van der Waals surface area contributed by atoms with E-state index in [2.05, 4.69) is 13.3 Å². The number of nitrogens with one attached hydrogen (secondary N) is 1. The van der Waals surface area contributed by atoms with Crippen molar-refractivity contribution >= 4 is 32.8 Å². The molecule has 0 aliphatic carbocycles. The molecule has 0 spiro atoms. The summed E-state index contributed by atoms with van der Waals surface area (Å²) >= 11 is -0.495. The number of nitrogens with zero attached hydrogens (tertiary/aromatic N) is 2. The molecule has 1 rings (SSSR count). The third-order valence-corrected chi connectivity index (χ3v) is 2.04. The number of aromatic nitrogens is 2. The van der Waals surface area contributed by atoms with Gasteiger partial charge >= 0.3 is 124 Å². The van der Waals surface area contributed by atoms with Crippen molar-refractivity contribution in [1.29, 1.82) is 0 Å². The van der Waals surface area contributed by atoms with Crippen LogP contribution < -0.4 is 62.4 Å². The van der Waals surface area contributed by atoms with Gasteiger partial charge in [-0.15, -0.1) is 0 Å². The summed E-state index contributed by atoms with van der Waals surface area (Å²) in [6.45, 7) is 0. The van der Waals surface area contributed by atoms with Gasteiger partial charge in [0.15, 0.2) is 0 Å². The van der Waals surface area contributed by atoms with Gasteiger partial charge in [-0.05, 0) is 0 Å². The molecule has 9 heteroatoms. The second kappa shape index (κ2) is 5.86. The second-order valence-electron chi connectivity index (χ2n) is 1.76. The largest absolute Gasteiger partial charge is 1.00 e. The molecule has 0 radical (unpaired) electrons. The van der Waals surface area contributed by atoms with Crippen LogP contribution in [0.1, 0.15) is 10.5 Å². The monoisotopic (exact) mass is 275 g/mol. The summed E-state index contributed by atoms with van der Waals surface area (Å²) in [5, 5.41) is 10.6. The van der Waals surface area contributed by atoms with Crippen LogP contribution in [0.4, 0.5) is 10.6 Å². The van der Waals surface area contributed by atoms with E-state index in [1.54, 1.807) is 0 Å². The van der Waals surface area contributed by atoms with E-state index >= 15 is 0 Å². The van der Waals surface area contributed by atoms with Crippen LogP contribution in [0.5, 0.6) is 0 Å². The van der Waals surface area contributed by atoms with Gasteiger partial charge in [0.25, 0.3) is 0 Å². The molecule has 13 heavy (non-hydrogen) atoms. The van der Waals surface area contributed by atoms with Crippen molar-refractivity contribution in [3.63, 3.8) is 0 Å². The number of carbonyl (C=O) groups is 2. The van der Waals surface area contributed by atoms with Gasteiger partial charge in [-0.1, -0.05) is 0 Å². The molecule has 64 valence electrons. The molecule has 2 amide bonds. The fourth-order valence-corrected chi connectivity index (χ4v) is 1.58. The van der Waals surface area contributed by atoms with E-state index in [4.69, 9.17) is 10.8 Å². The summed E-state index contributed by atoms with van der Waals surface area (Å²) in [7, 11) is 0. The quantitative estimate of drug-likeness (QED) is 0.472. The Labute approximate surface area is 122 Å². The number of nitrogens with two attached hydrogens (primary N) is 1. The van der Waals surface area contributed by atoms with Crippen molar-refractivity contribution in [2.45, 2.75) is 0 Å². The number of carboxylic acid groups (broad SMARTS) is 1. The van der Waals surface area contributed by atoms with Crippen LogP contribution in [-0.2, 0) is 0 Å². The summed E-state index contributed by atoms with van der Waals surface area (Å²) in [5.74, 6) is -1.28. The molecule has 1 heterocycles. The Morgan fingerprint density at radius 1 is 1.46 bits per heavy atom. The van der Waals surface area contributed by atoms with E-state index in [1.165, 1.54) is 0 Å². The smallest absolute Gasteiger partial charge is 1.00 e. The first-order chi connectivity index (χ1) is 5.61. The van der Waals surface area contributed by atoms with E-state index in [1.807, 2.05) is 0 Å². The van der Waals surface area contributed by atoms with E-state index in [0.717, 1.165) is 0 Å². The topological polar surface area (TPSA) is 118 Å². The molecule has 0 saturated carbocycles. The normalized spacial score (nSPS) is 8.62. The maximum atomic E-state index is 10.4. The fourth-order valence-electron chi connectivity index (χ4n) is 0.528. The zero-order valence-corrected chi connectivity index (χ0v) is 11.5. The Morgan fingerprint density at radius 3 is 2.54 bits per heavy atom. The van der Waals surface area contributed by atoms with E-state index in [9.17, 15) is 9.59 Å². The fraction of sp³-hybridized carbons (Fsp3) is 0. The van der Waals surface area contributed by atoms with E-state index in [-0.39, 0.29) is 62.9 Å². The molecule has 0 unspecified atom stereocenters. The van der Waals surface area contributed by atoms with Gasteiger partial charge in [0.1, 0.15) is 0 Å². The number of hydrogen-bond donors (Lipinski definition) is 3. The Bertz CT molecular complexity index is 327. The third-order valence-electron chi connectivity index (χ3n) is 0.933. The molecule has 0 saturated heterocycles. The minimum atomic E-state index is -1.22. The van der Waals surface area contributed by atoms with Crippen LogP contribution in [0, 0.1) is 0 Å². The van der Waals surface area contributed by atoms with Gasteiger partial charge in [0.05, 0.1) is 0 Å². The van der Waals surface area contributed by atoms with Crippen molar-refractivity contribution in [1.82, 2.24) is 7.96 Å². The second-order valence-corrected chi connectivity index (χ2v) is 2.86. The minimum Gasteiger partial charge on any atom is 1.00 e. The molecule has 0 fully saturated rings. The molecule has 0 aromatic carbocycles. The molecule has 4 N–H and O–H groups in total. The van der Waals surface area contributed by atoms with Gasteiger partial charge in [0, 0.05) is 0 Å². The number of aromatic carboxylic acids is 1. The molecule has 0 aliphatic rings. The van der Waals surface area contributed by atoms with Gasteiger partial charge in [-0.3, -0.25) is 0 Å². The summed E-state index contributed by atoms with van der Waals surface area (Å²) in [6.07, 6.45) is 0. The van der Waals surface area contributed by atoms with Crippen LogP contribution in [0.3, 0.4) is 0 Å². The molecule has 1 aromatic heterocycles. The predicted octanol–water partition coefficient (Wildman–Crippen LogP) is -4.27. The molecular formula is C4H4KN4O3Se+. The first kappa shape index (κ1) is 13.2. The van der Waals surface area contributed by atoms with Crippen LogP contribution >= 0.6 is 0 Å². The Balaban J connectivity index is 0.00000144. The van der Waals surface area contributed by atoms with Crippen molar-refractivity contribution in [3.8, 4) is 0 Å². The molecule has 0 bridgehead atoms. The first-order valence-corrected chi connectivity index (χ1v) is 4.27. The predicted molar refractivity (Wildman–Crippen MR) is 39.1 cm³/mol. The van der Waals surface area contributed by atoms with E-state index < -0.39 is 27.0 Å². The molecular weight excluding hydrogens is 270 g/mol. The molecule has 0 aliphatic heterocycles. The zero-order valence-electron chi connectivity index (χ0n) is 6.64. The van der Waals surface area contributed by atoms with Gasteiger partial charge < -0.3 is 0 Å². The standard InChI is InChI=1S/C4H4N4O3Se.K/c5-4(11)6-2-1(3(9)10)7-12-8-2;/h(H,9,10)(H3,5,6,8,11);/q;+1. The molecule has 7 nitrogen and oxygen atoms in total. The van der Waals surface area contributed by atoms with Crippen LogP contribution in [0.15, 0.2) is 0 Å². The molecule has 1 aromatic rings. The Kier molecular flexibility index (Phi) is 5.97. The SMILES string of the molecule is NC(=O)Nc1n[se]nc1C(=O)O.[K+]. The zero-order chi connectivity index (χ0) is 9.14. The third kappa shape index (κ3) is 3.86. The van der Waals surface area contributed by atoms with Crippen LogP contribution in [0.2, 0.25) is 0 Å². The van der Waals surface area contributed by atoms with Crippen molar-refractivity contribution in [2.75, 3.05) is 5.32 Å². The Morgan fingerprint density at radius 2 is 2.08 bits per heavy atom. The maximum absolute atomic E-state index is 10.4. The summed E-state index contributed by atoms with van der Waals surface area (Å²) in [5.41, 5.74) is 4.52.